The smallest absolute Gasteiger partial charge is 0.191 e. The van der Waals surface area contributed by atoms with Crippen LogP contribution >= 0.6 is 11.6 Å². The van der Waals surface area contributed by atoms with Gasteiger partial charge in [-0.25, -0.2) is 0 Å². The lowest BCUT2D eigenvalue weighted by molar-refractivity contribution is 0.583. The van der Waals surface area contributed by atoms with Gasteiger partial charge in [0.15, 0.2) is 5.96 Å². The molecule has 2 atom stereocenters. The lowest BCUT2D eigenvalue weighted by atomic mass is 10.1. The lowest BCUT2D eigenvalue weighted by Gasteiger charge is -2.11. The Morgan fingerprint density at radius 1 is 1.42 bits per heavy atom. The molecular weight excluding hydrogens is 322 g/mol. The summed E-state index contributed by atoms with van der Waals surface area (Å²) in [6, 6.07) is 10.5. The number of hydrogen-bond acceptors (Lipinski definition) is 2. The standard InChI is InChI=1S/C18H24ClN5/c1-2-20-18(21-8-4-10-24-11-5-9-22-24)23-17-13-16(17)14-6-3-7-15(19)12-14/h3,5-7,9,11-12,16-17H,2,4,8,10,13H2,1H3,(H2,20,21,23). The van der Waals surface area contributed by atoms with E-state index < -0.39 is 0 Å². The number of nitrogens with one attached hydrogen (secondary N) is 2. The van der Waals surface area contributed by atoms with Crippen LogP contribution in [0, 0.1) is 0 Å². The predicted octanol–water partition coefficient (Wildman–Crippen LogP) is 3.04. The van der Waals surface area contributed by atoms with Gasteiger partial charge in [-0.05, 0) is 43.5 Å². The molecule has 1 aliphatic rings. The average molecular weight is 346 g/mol. The molecule has 0 bridgehead atoms. The van der Waals surface area contributed by atoms with E-state index in [-0.39, 0.29) is 0 Å². The van der Waals surface area contributed by atoms with Gasteiger partial charge < -0.3 is 10.6 Å². The molecule has 6 heteroatoms. The Bertz CT molecular complexity index is 668. The maximum absolute atomic E-state index is 6.08. The number of hydrogen-bond donors (Lipinski definition) is 2. The molecule has 128 valence electrons. The second-order valence-electron chi connectivity index (χ2n) is 6.03. The second-order valence-corrected chi connectivity index (χ2v) is 6.47. The van der Waals surface area contributed by atoms with E-state index in [1.165, 1.54) is 5.56 Å². The zero-order chi connectivity index (χ0) is 16.8. The van der Waals surface area contributed by atoms with Crippen LogP contribution in [-0.4, -0.2) is 34.9 Å². The molecule has 1 fully saturated rings. The molecule has 1 heterocycles. The van der Waals surface area contributed by atoms with Crippen LogP contribution in [0.4, 0.5) is 0 Å². The highest BCUT2D eigenvalue weighted by Gasteiger charge is 2.39. The van der Waals surface area contributed by atoms with Gasteiger partial charge in [-0.3, -0.25) is 9.67 Å². The number of aromatic nitrogens is 2. The van der Waals surface area contributed by atoms with Crippen LogP contribution in [0.15, 0.2) is 47.7 Å². The minimum atomic E-state index is 0.437. The third-order valence-corrected chi connectivity index (χ3v) is 4.34. The number of halogens is 1. The fraction of sp³-hybridized carbons (Fsp3) is 0.444. The van der Waals surface area contributed by atoms with Gasteiger partial charge in [0.1, 0.15) is 0 Å². The van der Waals surface area contributed by atoms with Gasteiger partial charge in [-0.15, -0.1) is 0 Å². The maximum Gasteiger partial charge on any atom is 0.191 e. The van der Waals surface area contributed by atoms with Crippen LogP contribution < -0.4 is 10.6 Å². The van der Waals surface area contributed by atoms with Crippen molar-refractivity contribution in [2.45, 2.75) is 38.3 Å². The first-order valence-electron chi connectivity index (χ1n) is 8.54. The first-order chi connectivity index (χ1) is 11.8. The summed E-state index contributed by atoms with van der Waals surface area (Å²) in [6.07, 6.45) is 5.88. The Balaban J connectivity index is 1.48. The van der Waals surface area contributed by atoms with Crippen molar-refractivity contribution in [3.63, 3.8) is 0 Å². The number of guanidine groups is 1. The Kier molecular flexibility index (Phi) is 5.75. The van der Waals surface area contributed by atoms with Crippen molar-refractivity contribution in [3.8, 4) is 0 Å². The summed E-state index contributed by atoms with van der Waals surface area (Å²) in [5.41, 5.74) is 1.30. The van der Waals surface area contributed by atoms with E-state index in [0.717, 1.165) is 43.5 Å². The van der Waals surface area contributed by atoms with Crippen molar-refractivity contribution in [2.24, 2.45) is 4.99 Å². The van der Waals surface area contributed by atoms with Gasteiger partial charge in [-0.1, -0.05) is 23.7 Å². The number of aliphatic imine (C=N–C) groups is 1. The topological polar surface area (TPSA) is 54.2 Å². The van der Waals surface area contributed by atoms with Crippen LogP contribution in [0.1, 0.15) is 31.2 Å². The van der Waals surface area contributed by atoms with Crippen LogP contribution in [0.5, 0.6) is 0 Å². The summed E-state index contributed by atoms with van der Waals surface area (Å²) in [5, 5.41) is 11.9. The average Bonchev–Trinajstić information content (AvgIpc) is 3.14. The highest BCUT2D eigenvalue weighted by Crippen LogP contribution is 2.41. The largest absolute Gasteiger partial charge is 0.357 e. The van der Waals surface area contributed by atoms with E-state index in [9.17, 15) is 0 Å². The quantitative estimate of drug-likeness (QED) is 0.460. The summed E-state index contributed by atoms with van der Waals surface area (Å²) in [6.45, 7) is 4.62. The Morgan fingerprint density at radius 2 is 2.33 bits per heavy atom. The van der Waals surface area contributed by atoms with E-state index in [4.69, 9.17) is 11.6 Å². The molecule has 0 spiro atoms. The Hall–Kier alpha value is -2.01. The van der Waals surface area contributed by atoms with Gasteiger partial charge in [0.05, 0.1) is 0 Å². The molecule has 1 aromatic heterocycles. The molecule has 0 aliphatic heterocycles. The fourth-order valence-electron chi connectivity index (χ4n) is 2.81. The third-order valence-electron chi connectivity index (χ3n) is 4.11. The van der Waals surface area contributed by atoms with Crippen molar-refractivity contribution in [1.29, 1.82) is 0 Å². The Labute approximate surface area is 148 Å². The van der Waals surface area contributed by atoms with Gasteiger partial charge in [0, 0.05) is 49.0 Å². The van der Waals surface area contributed by atoms with Crippen molar-refractivity contribution < 1.29 is 0 Å². The van der Waals surface area contributed by atoms with Crippen LogP contribution in [0.25, 0.3) is 0 Å². The van der Waals surface area contributed by atoms with Gasteiger partial charge >= 0.3 is 0 Å². The van der Waals surface area contributed by atoms with Gasteiger partial charge in [-0.2, -0.15) is 5.10 Å². The number of nitrogens with zero attached hydrogens (tertiary/aromatic N) is 3. The molecule has 1 saturated carbocycles. The molecule has 1 aliphatic carbocycles. The van der Waals surface area contributed by atoms with Crippen molar-refractivity contribution >= 4 is 17.6 Å². The van der Waals surface area contributed by atoms with E-state index in [0.29, 0.717) is 12.0 Å². The van der Waals surface area contributed by atoms with Gasteiger partial charge in [0.2, 0.25) is 0 Å². The van der Waals surface area contributed by atoms with E-state index in [1.807, 2.05) is 29.1 Å². The summed E-state index contributed by atoms with van der Waals surface area (Å²) < 4.78 is 1.94. The molecular formula is C18H24ClN5. The number of benzene rings is 1. The minimum absolute atomic E-state index is 0.437. The predicted molar refractivity (Wildman–Crippen MR) is 98.6 cm³/mol. The zero-order valence-corrected chi connectivity index (χ0v) is 14.7. The molecule has 2 N–H and O–H groups in total. The van der Waals surface area contributed by atoms with Crippen molar-refractivity contribution in [3.05, 3.63) is 53.3 Å². The van der Waals surface area contributed by atoms with E-state index in [2.05, 4.69) is 39.8 Å². The van der Waals surface area contributed by atoms with Gasteiger partial charge in [0.25, 0.3) is 0 Å². The third kappa shape index (κ3) is 4.74. The highest BCUT2D eigenvalue weighted by atomic mass is 35.5. The molecule has 0 radical (unpaired) electrons. The number of aryl methyl sites for hydroxylation is 1. The molecule has 2 unspecified atom stereocenters. The summed E-state index contributed by atoms with van der Waals surface area (Å²) in [4.78, 5) is 4.67. The normalized spacial score (nSPS) is 20.0. The fourth-order valence-corrected chi connectivity index (χ4v) is 3.01. The monoisotopic (exact) mass is 345 g/mol. The molecule has 1 aromatic carbocycles. The zero-order valence-electron chi connectivity index (χ0n) is 14.0. The number of rotatable bonds is 7. The first kappa shape index (κ1) is 16.8. The molecule has 2 aromatic rings. The van der Waals surface area contributed by atoms with E-state index >= 15 is 0 Å². The summed E-state index contributed by atoms with van der Waals surface area (Å²) in [7, 11) is 0. The Morgan fingerprint density at radius 3 is 3.08 bits per heavy atom. The molecule has 24 heavy (non-hydrogen) atoms. The summed E-state index contributed by atoms with van der Waals surface area (Å²) >= 11 is 6.08. The minimum Gasteiger partial charge on any atom is -0.357 e. The molecule has 5 nitrogen and oxygen atoms in total. The molecule has 0 amide bonds. The highest BCUT2D eigenvalue weighted by molar-refractivity contribution is 6.30. The molecule has 0 saturated heterocycles. The maximum atomic E-state index is 6.08. The lowest BCUT2D eigenvalue weighted by Crippen LogP contribution is -2.39. The van der Waals surface area contributed by atoms with Crippen molar-refractivity contribution in [1.82, 2.24) is 20.4 Å². The summed E-state index contributed by atoms with van der Waals surface area (Å²) in [5.74, 6) is 1.42. The van der Waals surface area contributed by atoms with Crippen LogP contribution in [0.2, 0.25) is 5.02 Å². The van der Waals surface area contributed by atoms with E-state index in [1.54, 1.807) is 6.20 Å². The second kappa shape index (κ2) is 8.20. The van der Waals surface area contributed by atoms with Crippen molar-refractivity contribution in [2.75, 3.05) is 13.1 Å². The first-order valence-corrected chi connectivity index (χ1v) is 8.92. The van der Waals surface area contributed by atoms with Crippen LogP contribution in [-0.2, 0) is 6.54 Å². The molecule has 3 rings (SSSR count). The SMILES string of the molecule is CCNC(=NCCCn1cccn1)NC1CC1c1cccc(Cl)c1. The van der Waals surface area contributed by atoms with Crippen LogP contribution in [0.3, 0.4) is 0 Å².